The maximum absolute atomic E-state index is 13.4. The van der Waals surface area contributed by atoms with Crippen LogP contribution in [-0.4, -0.2) is 20.9 Å². The number of carbonyl (C=O) groups excluding carboxylic acids is 1. The predicted octanol–water partition coefficient (Wildman–Crippen LogP) is 5.10. The molecule has 0 unspecified atom stereocenters. The van der Waals surface area contributed by atoms with Crippen LogP contribution in [0, 0.1) is 20.8 Å². The van der Waals surface area contributed by atoms with E-state index in [1.165, 1.54) is 0 Å². The van der Waals surface area contributed by atoms with E-state index in [2.05, 4.69) is 5.32 Å². The summed E-state index contributed by atoms with van der Waals surface area (Å²) in [5.74, 6) is -0.445. The highest BCUT2D eigenvalue weighted by Crippen LogP contribution is 2.27. The third kappa shape index (κ3) is 4.83. The highest BCUT2D eigenvalue weighted by molar-refractivity contribution is 7.92. The molecule has 156 valence electrons. The molecular weight excluding hydrogens is 420 g/mol. The van der Waals surface area contributed by atoms with E-state index in [0.717, 1.165) is 21.0 Å². The minimum absolute atomic E-state index is 0.131. The van der Waals surface area contributed by atoms with Gasteiger partial charge in [-0.2, -0.15) is 0 Å². The first kappa shape index (κ1) is 21.9. The number of rotatable bonds is 6. The second-order valence-electron chi connectivity index (χ2n) is 7.12. The number of carbonyl (C=O) groups is 1. The Kier molecular flexibility index (Phi) is 6.48. The topological polar surface area (TPSA) is 66.5 Å². The standard InChI is InChI=1S/C23H23ClN2O3S/c1-16-8-11-20(12-9-16)30(28,29)26(22-7-5-4-6-17(22)2)15-23(27)25-21-13-10-19(24)14-18(21)3/h4-14H,15H2,1-3H3,(H,25,27). The van der Waals surface area contributed by atoms with Crippen molar-refractivity contribution in [1.29, 1.82) is 0 Å². The predicted molar refractivity (Wildman–Crippen MR) is 122 cm³/mol. The number of hydrogen-bond donors (Lipinski definition) is 1. The van der Waals surface area contributed by atoms with Gasteiger partial charge in [0, 0.05) is 10.7 Å². The van der Waals surface area contributed by atoms with Crippen LogP contribution in [0.5, 0.6) is 0 Å². The molecule has 0 radical (unpaired) electrons. The maximum atomic E-state index is 13.4. The van der Waals surface area contributed by atoms with Crippen LogP contribution in [-0.2, 0) is 14.8 Å². The van der Waals surface area contributed by atoms with E-state index in [9.17, 15) is 13.2 Å². The van der Waals surface area contributed by atoms with Crippen LogP contribution < -0.4 is 9.62 Å². The van der Waals surface area contributed by atoms with Crippen molar-refractivity contribution < 1.29 is 13.2 Å². The first-order valence-electron chi connectivity index (χ1n) is 9.39. The van der Waals surface area contributed by atoms with Crippen molar-refractivity contribution in [3.8, 4) is 0 Å². The highest BCUT2D eigenvalue weighted by atomic mass is 35.5. The minimum Gasteiger partial charge on any atom is -0.324 e. The molecule has 0 aliphatic carbocycles. The summed E-state index contributed by atoms with van der Waals surface area (Å²) in [6.07, 6.45) is 0. The van der Waals surface area contributed by atoms with E-state index in [1.807, 2.05) is 32.9 Å². The van der Waals surface area contributed by atoms with Crippen molar-refractivity contribution in [3.63, 3.8) is 0 Å². The lowest BCUT2D eigenvalue weighted by Crippen LogP contribution is -2.38. The fourth-order valence-electron chi connectivity index (χ4n) is 3.07. The molecule has 0 bridgehead atoms. The van der Waals surface area contributed by atoms with Gasteiger partial charge < -0.3 is 5.32 Å². The maximum Gasteiger partial charge on any atom is 0.264 e. The molecule has 0 fully saturated rings. The van der Waals surface area contributed by atoms with Crippen LogP contribution in [0.4, 0.5) is 11.4 Å². The van der Waals surface area contributed by atoms with Crippen LogP contribution in [0.15, 0.2) is 71.6 Å². The Labute approximate surface area is 182 Å². The number of para-hydroxylation sites is 1. The largest absolute Gasteiger partial charge is 0.324 e. The first-order chi connectivity index (χ1) is 14.2. The van der Waals surface area contributed by atoms with E-state index in [4.69, 9.17) is 11.6 Å². The van der Waals surface area contributed by atoms with Crippen molar-refractivity contribution in [3.05, 3.63) is 88.4 Å². The Morgan fingerprint density at radius 2 is 1.60 bits per heavy atom. The van der Waals surface area contributed by atoms with Crippen molar-refractivity contribution in [2.75, 3.05) is 16.2 Å². The summed E-state index contributed by atoms with van der Waals surface area (Å²) in [7, 11) is -3.95. The van der Waals surface area contributed by atoms with Crippen LogP contribution in [0.1, 0.15) is 16.7 Å². The van der Waals surface area contributed by atoms with Crippen LogP contribution in [0.25, 0.3) is 0 Å². The van der Waals surface area contributed by atoms with Crippen molar-refractivity contribution >= 4 is 38.9 Å². The van der Waals surface area contributed by atoms with Gasteiger partial charge in [0.2, 0.25) is 5.91 Å². The van der Waals surface area contributed by atoms with Gasteiger partial charge in [-0.15, -0.1) is 0 Å². The zero-order valence-electron chi connectivity index (χ0n) is 17.0. The minimum atomic E-state index is -3.95. The monoisotopic (exact) mass is 442 g/mol. The number of sulfonamides is 1. The molecule has 0 saturated carbocycles. The molecule has 0 aromatic heterocycles. The number of amides is 1. The quantitative estimate of drug-likeness (QED) is 0.577. The fraction of sp³-hybridized carbons (Fsp3) is 0.174. The number of hydrogen-bond acceptors (Lipinski definition) is 3. The SMILES string of the molecule is Cc1ccc(S(=O)(=O)N(CC(=O)Nc2ccc(Cl)cc2C)c2ccccc2C)cc1. The Bertz CT molecular complexity index is 1180. The Morgan fingerprint density at radius 3 is 2.23 bits per heavy atom. The van der Waals surface area contributed by atoms with Gasteiger partial charge in [0.25, 0.3) is 10.0 Å². The van der Waals surface area contributed by atoms with E-state index < -0.39 is 15.9 Å². The second kappa shape index (κ2) is 8.90. The van der Waals surface area contributed by atoms with Gasteiger partial charge in [-0.1, -0.05) is 47.5 Å². The smallest absolute Gasteiger partial charge is 0.264 e. The molecule has 0 spiro atoms. The van der Waals surface area contributed by atoms with Gasteiger partial charge in [-0.3, -0.25) is 9.10 Å². The summed E-state index contributed by atoms with van der Waals surface area (Å²) in [6, 6.07) is 18.8. The lowest BCUT2D eigenvalue weighted by Gasteiger charge is -2.25. The average molecular weight is 443 g/mol. The van der Waals surface area contributed by atoms with Crippen molar-refractivity contribution in [1.82, 2.24) is 0 Å². The average Bonchev–Trinajstić information content (AvgIpc) is 2.69. The summed E-state index contributed by atoms with van der Waals surface area (Å²) < 4.78 is 28.0. The molecule has 0 aliphatic heterocycles. The zero-order valence-corrected chi connectivity index (χ0v) is 18.6. The van der Waals surface area contributed by atoms with Gasteiger partial charge in [0.15, 0.2) is 0 Å². The Balaban J connectivity index is 1.97. The van der Waals surface area contributed by atoms with Crippen molar-refractivity contribution in [2.24, 2.45) is 0 Å². The van der Waals surface area contributed by atoms with E-state index in [-0.39, 0.29) is 11.4 Å². The number of aryl methyl sites for hydroxylation is 3. The lowest BCUT2D eigenvalue weighted by atomic mass is 10.2. The van der Waals surface area contributed by atoms with E-state index in [0.29, 0.717) is 16.4 Å². The first-order valence-corrected chi connectivity index (χ1v) is 11.2. The summed E-state index contributed by atoms with van der Waals surface area (Å²) in [5.41, 5.74) is 3.54. The molecule has 3 aromatic carbocycles. The highest BCUT2D eigenvalue weighted by Gasteiger charge is 2.28. The molecule has 0 saturated heterocycles. The Hall–Kier alpha value is -2.83. The van der Waals surface area contributed by atoms with Gasteiger partial charge in [-0.05, 0) is 68.3 Å². The van der Waals surface area contributed by atoms with Crippen LogP contribution in [0.2, 0.25) is 5.02 Å². The number of anilines is 2. The number of halogens is 1. The number of benzene rings is 3. The third-order valence-electron chi connectivity index (χ3n) is 4.74. The molecule has 3 rings (SSSR count). The van der Waals surface area contributed by atoms with Crippen LogP contribution in [0.3, 0.4) is 0 Å². The zero-order chi connectivity index (χ0) is 21.9. The van der Waals surface area contributed by atoms with Gasteiger partial charge in [-0.25, -0.2) is 8.42 Å². The molecule has 0 aliphatic rings. The summed E-state index contributed by atoms with van der Waals surface area (Å²) in [4.78, 5) is 13.0. The van der Waals surface area contributed by atoms with Gasteiger partial charge >= 0.3 is 0 Å². The fourth-order valence-corrected chi connectivity index (χ4v) is 4.78. The molecule has 7 heteroatoms. The summed E-state index contributed by atoms with van der Waals surface area (Å²) in [6.45, 7) is 5.17. The third-order valence-corrected chi connectivity index (χ3v) is 6.75. The lowest BCUT2D eigenvalue weighted by molar-refractivity contribution is -0.114. The van der Waals surface area contributed by atoms with Crippen LogP contribution >= 0.6 is 11.6 Å². The summed E-state index contributed by atoms with van der Waals surface area (Å²) >= 11 is 5.97. The van der Waals surface area contributed by atoms with E-state index >= 15 is 0 Å². The normalized spacial score (nSPS) is 11.2. The summed E-state index contributed by atoms with van der Waals surface area (Å²) in [5, 5.41) is 3.35. The Morgan fingerprint density at radius 1 is 0.933 bits per heavy atom. The number of nitrogens with one attached hydrogen (secondary N) is 1. The molecule has 5 nitrogen and oxygen atoms in total. The van der Waals surface area contributed by atoms with E-state index in [1.54, 1.807) is 54.6 Å². The van der Waals surface area contributed by atoms with Crippen molar-refractivity contribution in [2.45, 2.75) is 25.7 Å². The second-order valence-corrected chi connectivity index (χ2v) is 9.42. The number of nitrogens with zero attached hydrogens (tertiary/aromatic N) is 1. The molecule has 0 heterocycles. The molecule has 30 heavy (non-hydrogen) atoms. The molecular formula is C23H23ClN2O3S. The molecule has 3 aromatic rings. The molecule has 1 amide bonds. The molecule has 0 atom stereocenters. The molecule has 1 N–H and O–H groups in total. The van der Waals surface area contributed by atoms with Gasteiger partial charge in [0.05, 0.1) is 10.6 Å². The van der Waals surface area contributed by atoms with Gasteiger partial charge in [0.1, 0.15) is 6.54 Å².